The molecule has 1 aromatic carbocycles. The highest BCUT2D eigenvalue weighted by molar-refractivity contribution is 5.95. The molecule has 1 aromatic heterocycles. The van der Waals surface area contributed by atoms with Crippen molar-refractivity contribution in [3.05, 3.63) is 41.5 Å². The fourth-order valence-corrected chi connectivity index (χ4v) is 2.83. The molecule has 1 aliphatic heterocycles. The highest BCUT2D eigenvalue weighted by Crippen LogP contribution is 2.24. The average molecular weight is 375 g/mol. The Morgan fingerprint density at radius 2 is 2.11 bits per heavy atom. The van der Waals surface area contributed by atoms with Crippen LogP contribution in [0.3, 0.4) is 0 Å². The first-order valence-corrected chi connectivity index (χ1v) is 8.66. The maximum absolute atomic E-state index is 12.5. The van der Waals surface area contributed by atoms with Crippen LogP contribution in [-0.2, 0) is 22.6 Å². The molecule has 1 unspecified atom stereocenters. The molecule has 0 aliphatic carbocycles. The Labute approximate surface area is 155 Å². The minimum Gasteiger partial charge on any atom is -0.485 e. The van der Waals surface area contributed by atoms with Crippen LogP contribution in [0.5, 0.6) is 5.75 Å². The third kappa shape index (κ3) is 4.82. The van der Waals surface area contributed by atoms with Gasteiger partial charge in [0.1, 0.15) is 5.75 Å². The fourth-order valence-electron chi connectivity index (χ4n) is 2.83. The summed E-state index contributed by atoms with van der Waals surface area (Å²) in [7, 11) is 0. The molecule has 9 heteroatoms. The first kappa shape index (κ1) is 18.8. The van der Waals surface area contributed by atoms with E-state index >= 15 is 0 Å². The lowest BCUT2D eigenvalue weighted by atomic mass is 9.93. The maximum Gasteiger partial charge on any atom is 0.305 e. The van der Waals surface area contributed by atoms with Gasteiger partial charge in [-0.25, -0.2) is 0 Å². The number of hydrogen-bond donors (Lipinski definition) is 2. The van der Waals surface area contributed by atoms with Gasteiger partial charge in [-0.05, 0) is 30.7 Å². The lowest BCUT2D eigenvalue weighted by molar-refractivity contribution is -0.138. The zero-order valence-corrected chi connectivity index (χ0v) is 14.9. The van der Waals surface area contributed by atoms with Gasteiger partial charge in [0.05, 0.1) is 18.6 Å². The van der Waals surface area contributed by atoms with Gasteiger partial charge >= 0.3 is 5.97 Å². The van der Waals surface area contributed by atoms with Gasteiger partial charge in [0.25, 0.3) is 5.91 Å². The van der Waals surface area contributed by atoms with Crippen LogP contribution in [0, 0.1) is 0 Å². The lowest BCUT2D eigenvalue weighted by Gasteiger charge is -2.27. The number of carbonyl (C=O) groups is 2. The van der Waals surface area contributed by atoms with Crippen molar-refractivity contribution in [2.24, 2.45) is 0 Å². The second-order valence-corrected chi connectivity index (χ2v) is 6.38. The molecule has 2 heterocycles. The molecular weight excluding hydrogens is 354 g/mol. The number of carboxylic acid groups (broad SMARTS) is 1. The highest BCUT2D eigenvalue weighted by Gasteiger charge is 2.38. The van der Waals surface area contributed by atoms with E-state index in [9.17, 15) is 9.59 Å². The Morgan fingerprint density at radius 1 is 1.33 bits per heavy atom. The Balaban J connectivity index is 1.58. The van der Waals surface area contributed by atoms with Crippen molar-refractivity contribution in [1.29, 1.82) is 0 Å². The van der Waals surface area contributed by atoms with Crippen LogP contribution in [0.15, 0.2) is 28.8 Å². The number of carbonyl (C=O) groups excluding carboxylic acids is 1. The van der Waals surface area contributed by atoms with Crippen molar-refractivity contribution in [2.75, 3.05) is 13.2 Å². The number of nitrogens with zero attached hydrogens (tertiary/aromatic N) is 2. The highest BCUT2D eigenvalue weighted by atomic mass is 16.5. The molecule has 0 spiro atoms. The monoisotopic (exact) mass is 375 g/mol. The maximum atomic E-state index is 12.5. The fraction of sp³-hybridized carbons (Fsp3) is 0.444. The van der Waals surface area contributed by atoms with Crippen molar-refractivity contribution < 1.29 is 28.7 Å². The lowest BCUT2D eigenvalue weighted by Crippen LogP contribution is -2.50. The number of carboxylic acids is 1. The number of benzene rings is 1. The molecule has 144 valence electrons. The van der Waals surface area contributed by atoms with Gasteiger partial charge in [0, 0.05) is 18.6 Å². The third-order valence-electron chi connectivity index (χ3n) is 4.27. The van der Waals surface area contributed by atoms with E-state index in [4.69, 9.17) is 19.1 Å². The quantitative estimate of drug-likeness (QED) is 0.713. The van der Waals surface area contributed by atoms with Gasteiger partial charge in [0.2, 0.25) is 11.7 Å². The van der Waals surface area contributed by atoms with Crippen molar-refractivity contribution in [1.82, 2.24) is 15.5 Å². The molecule has 0 bridgehead atoms. The standard InChI is InChI=1S/C18H21N3O6/c1-2-15-19-14(21-27-15)10-26-13-5-3-12(4-6-13)17(24)20-18(9-16(22)23)7-8-25-11-18/h3-6H,2,7-11H2,1H3,(H,20,24)(H,22,23). The Bertz CT molecular complexity index is 796. The summed E-state index contributed by atoms with van der Waals surface area (Å²) in [6, 6.07) is 6.54. The van der Waals surface area contributed by atoms with Crippen LogP contribution in [0.4, 0.5) is 0 Å². The molecule has 2 N–H and O–H groups in total. The summed E-state index contributed by atoms with van der Waals surface area (Å²) in [6.45, 7) is 2.70. The molecular formula is C18H21N3O6. The second kappa shape index (κ2) is 8.17. The molecule has 2 aromatic rings. The van der Waals surface area contributed by atoms with Crippen LogP contribution in [0.1, 0.15) is 41.8 Å². The van der Waals surface area contributed by atoms with E-state index in [0.29, 0.717) is 42.5 Å². The number of aromatic nitrogens is 2. The summed E-state index contributed by atoms with van der Waals surface area (Å²) in [5.74, 6) is 0.229. The van der Waals surface area contributed by atoms with Crippen molar-refractivity contribution in [2.45, 2.75) is 38.3 Å². The van der Waals surface area contributed by atoms with E-state index in [-0.39, 0.29) is 25.5 Å². The summed E-state index contributed by atoms with van der Waals surface area (Å²) in [5.41, 5.74) is -0.458. The number of nitrogens with one attached hydrogen (secondary N) is 1. The van der Waals surface area contributed by atoms with Crippen molar-refractivity contribution in [3.63, 3.8) is 0 Å². The number of hydrogen-bond acceptors (Lipinski definition) is 7. The molecule has 1 aliphatic rings. The van der Waals surface area contributed by atoms with Crippen LogP contribution < -0.4 is 10.1 Å². The molecule has 0 radical (unpaired) electrons. The van der Waals surface area contributed by atoms with E-state index in [1.54, 1.807) is 24.3 Å². The Morgan fingerprint density at radius 3 is 2.70 bits per heavy atom. The zero-order chi connectivity index (χ0) is 19.3. The minimum atomic E-state index is -0.975. The SMILES string of the molecule is CCc1nc(COc2ccc(C(=O)NC3(CC(=O)O)CCOC3)cc2)no1. The molecule has 1 atom stereocenters. The predicted octanol–water partition coefficient (Wildman–Crippen LogP) is 1.57. The van der Waals surface area contributed by atoms with Gasteiger partial charge in [-0.15, -0.1) is 0 Å². The normalized spacial score (nSPS) is 19.0. The van der Waals surface area contributed by atoms with E-state index in [0.717, 1.165) is 0 Å². The summed E-state index contributed by atoms with van der Waals surface area (Å²) in [6.07, 6.45) is 0.951. The topological polar surface area (TPSA) is 124 Å². The molecule has 1 amide bonds. The minimum absolute atomic E-state index is 0.161. The van der Waals surface area contributed by atoms with Crippen LogP contribution in [-0.4, -0.2) is 45.9 Å². The summed E-state index contributed by atoms with van der Waals surface area (Å²) in [4.78, 5) is 27.7. The van der Waals surface area contributed by atoms with Crippen LogP contribution >= 0.6 is 0 Å². The Hall–Kier alpha value is -2.94. The molecule has 9 nitrogen and oxygen atoms in total. The van der Waals surface area contributed by atoms with Gasteiger partial charge in [-0.3, -0.25) is 9.59 Å². The van der Waals surface area contributed by atoms with Crippen molar-refractivity contribution in [3.8, 4) is 5.75 Å². The number of rotatable bonds is 8. The van der Waals surface area contributed by atoms with Crippen LogP contribution in [0.25, 0.3) is 0 Å². The molecule has 1 fully saturated rings. The number of aliphatic carboxylic acids is 1. The second-order valence-electron chi connectivity index (χ2n) is 6.38. The van der Waals surface area contributed by atoms with Gasteiger partial charge in [-0.2, -0.15) is 4.98 Å². The summed E-state index contributed by atoms with van der Waals surface area (Å²) in [5, 5.41) is 15.7. The van der Waals surface area contributed by atoms with E-state index in [2.05, 4.69) is 15.5 Å². The summed E-state index contributed by atoms with van der Waals surface area (Å²) < 4.78 is 15.9. The molecule has 3 rings (SSSR count). The molecule has 27 heavy (non-hydrogen) atoms. The number of ether oxygens (including phenoxy) is 2. The number of amides is 1. The van der Waals surface area contributed by atoms with E-state index in [1.807, 2.05) is 6.92 Å². The predicted molar refractivity (Wildman–Crippen MR) is 92.3 cm³/mol. The van der Waals surface area contributed by atoms with Crippen molar-refractivity contribution >= 4 is 11.9 Å². The average Bonchev–Trinajstić information content (AvgIpc) is 3.29. The first-order chi connectivity index (χ1) is 13.0. The Kier molecular flexibility index (Phi) is 5.70. The smallest absolute Gasteiger partial charge is 0.305 e. The number of aryl methyl sites for hydroxylation is 1. The third-order valence-corrected chi connectivity index (χ3v) is 4.27. The van der Waals surface area contributed by atoms with Gasteiger partial charge < -0.3 is 24.4 Å². The largest absolute Gasteiger partial charge is 0.485 e. The molecule has 0 saturated carbocycles. The van der Waals surface area contributed by atoms with Crippen LogP contribution in [0.2, 0.25) is 0 Å². The van der Waals surface area contributed by atoms with E-state index in [1.165, 1.54) is 0 Å². The zero-order valence-electron chi connectivity index (χ0n) is 14.9. The molecule has 1 saturated heterocycles. The summed E-state index contributed by atoms with van der Waals surface area (Å²) >= 11 is 0. The van der Waals surface area contributed by atoms with Gasteiger partial charge in [-0.1, -0.05) is 12.1 Å². The first-order valence-electron chi connectivity index (χ1n) is 8.66. The van der Waals surface area contributed by atoms with Gasteiger partial charge in [0.15, 0.2) is 6.61 Å². The van der Waals surface area contributed by atoms with E-state index < -0.39 is 11.5 Å².